The first-order valence-electron chi connectivity index (χ1n) is 7.61. The summed E-state index contributed by atoms with van der Waals surface area (Å²) in [5, 5.41) is 11.8. The van der Waals surface area contributed by atoms with Crippen molar-refractivity contribution in [2.45, 2.75) is 57.0 Å². The van der Waals surface area contributed by atoms with Crippen molar-refractivity contribution < 1.29 is 4.79 Å². The van der Waals surface area contributed by atoms with E-state index in [-0.39, 0.29) is 17.5 Å². The number of nitrogens with zero attached hydrogens (tertiary/aromatic N) is 1. The standard InChI is InChI=1S/C17H23N3O/c1-13(15-7-5-14(12-18)6-8-15)20-16(21)11-17(19)9-3-2-4-10-17/h5-8,13H,2-4,9-11,19H2,1H3,(H,20,21). The van der Waals surface area contributed by atoms with Crippen molar-refractivity contribution in [2.24, 2.45) is 5.73 Å². The second-order valence-corrected chi connectivity index (χ2v) is 6.12. The molecule has 0 radical (unpaired) electrons. The van der Waals surface area contributed by atoms with E-state index in [2.05, 4.69) is 11.4 Å². The Morgan fingerprint density at radius 1 is 1.33 bits per heavy atom. The first-order valence-corrected chi connectivity index (χ1v) is 7.61. The highest BCUT2D eigenvalue weighted by Crippen LogP contribution is 2.28. The molecule has 2 rings (SSSR count). The van der Waals surface area contributed by atoms with Crippen molar-refractivity contribution in [1.29, 1.82) is 5.26 Å². The normalized spacial score (nSPS) is 18.5. The van der Waals surface area contributed by atoms with Gasteiger partial charge in [0.25, 0.3) is 0 Å². The molecule has 0 heterocycles. The largest absolute Gasteiger partial charge is 0.350 e. The molecule has 1 atom stereocenters. The van der Waals surface area contributed by atoms with Crippen LogP contribution in [0.25, 0.3) is 0 Å². The minimum atomic E-state index is -0.327. The Morgan fingerprint density at radius 3 is 2.52 bits per heavy atom. The number of hydrogen-bond acceptors (Lipinski definition) is 3. The van der Waals surface area contributed by atoms with Crippen LogP contribution in [0.2, 0.25) is 0 Å². The van der Waals surface area contributed by atoms with E-state index in [1.165, 1.54) is 6.42 Å². The Hall–Kier alpha value is -1.86. The first kappa shape index (κ1) is 15.5. The van der Waals surface area contributed by atoms with Gasteiger partial charge < -0.3 is 11.1 Å². The van der Waals surface area contributed by atoms with Gasteiger partial charge in [-0.25, -0.2) is 0 Å². The summed E-state index contributed by atoms with van der Waals surface area (Å²) in [5.41, 5.74) is 7.61. The SMILES string of the molecule is CC(NC(=O)CC1(N)CCCCC1)c1ccc(C#N)cc1. The van der Waals surface area contributed by atoms with Crippen LogP contribution in [-0.2, 0) is 4.79 Å². The van der Waals surface area contributed by atoms with Crippen LogP contribution in [0.1, 0.15) is 62.6 Å². The fourth-order valence-electron chi connectivity index (χ4n) is 2.97. The number of hydrogen-bond donors (Lipinski definition) is 2. The van der Waals surface area contributed by atoms with Gasteiger partial charge in [-0.15, -0.1) is 0 Å². The zero-order valence-corrected chi connectivity index (χ0v) is 12.6. The highest BCUT2D eigenvalue weighted by Gasteiger charge is 2.30. The molecular formula is C17H23N3O. The monoisotopic (exact) mass is 285 g/mol. The predicted octanol–water partition coefficient (Wildman–Crippen LogP) is 2.79. The number of nitrogens with one attached hydrogen (secondary N) is 1. The van der Waals surface area contributed by atoms with Crippen molar-refractivity contribution in [3.05, 3.63) is 35.4 Å². The van der Waals surface area contributed by atoms with Crippen molar-refractivity contribution in [3.63, 3.8) is 0 Å². The molecule has 0 aromatic heterocycles. The lowest BCUT2D eigenvalue weighted by molar-refractivity contribution is -0.123. The lowest BCUT2D eigenvalue weighted by atomic mass is 9.80. The molecule has 4 heteroatoms. The third kappa shape index (κ3) is 4.30. The second kappa shape index (κ2) is 6.73. The van der Waals surface area contributed by atoms with Gasteiger partial charge >= 0.3 is 0 Å². The van der Waals surface area contributed by atoms with E-state index < -0.39 is 0 Å². The average Bonchev–Trinajstić information content (AvgIpc) is 2.47. The number of carbonyl (C=O) groups is 1. The lowest BCUT2D eigenvalue weighted by Crippen LogP contribution is -2.46. The van der Waals surface area contributed by atoms with Gasteiger partial charge in [-0.3, -0.25) is 4.79 Å². The van der Waals surface area contributed by atoms with E-state index in [9.17, 15) is 4.79 Å². The number of benzene rings is 1. The van der Waals surface area contributed by atoms with Gasteiger partial charge in [-0.1, -0.05) is 31.4 Å². The van der Waals surface area contributed by atoms with Crippen molar-refractivity contribution in [3.8, 4) is 6.07 Å². The summed E-state index contributed by atoms with van der Waals surface area (Å²) < 4.78 is 0. The van der Waals surface area contributed by atoms with E-state index in [4.69, 9.17) is 11.0 Å². The van der Waals surface area contributed by atoms with Crippen LogP contribution in [0.5, 0.6) is 0 Å². The first-order chi connectivity index (χ1) is 10.0. The quantitative estimate of drug-likeness (QED) is 0.892. The molecule has 0 bridgehead atoms. The summed E-state index contributed by atoms with van der Waals surface area (Å²) in [6, 6.07) is 9.31. The van der Waals surface area contributed by atoms with Gasteiger partial charge in [-0.05, 0) is 37.5 Å². The summed E-state index contributed by atoms with van der Waals surface area (Å²) in [6.45, 7) is 1.95. The second-order valence-electron chi connectivity index (χ2n) is 6.12. The minimum Gasteiger partial charge on any atom is -0.350 e. The van der Waals surface area contributed by atoms with Gasteiger partial charge in [0.15, 0.2) is 0 Å². The molecule has 0 aliphatic heterocycles. The molecule has 4 nitrogen and oxygen atoms in total. The predicted molar refractivity (Wildman–Crippen MR) is 82.3 cm³/mol. The van der Waals surface area contributed by atoms with Crippen LogP contribution in [0.15, 0.2) is 24.3 Å². The third-order valence-corrected chi connectivity index (χ3v) is 4.28. The van der Waals surface area contributed by atoms with Gasteiger partial charge in [0, 0.05) is 12.0 Å². The molecular weight excluding hydrogens is 262 g/mol. The van der Waals surface area contributed by atoms with Crippen LogP contribution >= 0.6 is 0 Å². The lowest BCUT2D eigenvalue weighted by Gasteiger charge is -2.33. The highest BCUT2D eigenvalue weighted by atomic mass is 16.1. The Balaban J connectivity index is 1.90. The van der Waals surface area contributed by atoms with Crippen LogP contribution in [0, 0.1) is 11.3 Å². The molecule has 0 saturated heterocycles. The molecule has 1 fully saturated rings. The molecule has 1 aromatic rings. The van der Waals surface area contributed by atoms with Crippen molar-refractivity contribution in [2.75, 3.05) is 0 Å². The summed E-state index contributed by atoms with van der Waals surface area (Å²) >= 11 is 0. The fourth-order valence-corrected chi connectivity index (χ4v) is 2.97. The Bertz CT molecular complexity index is 524. The van der Waals surface area contributed by atoms with Crippen LogP contribution in [-0.4, -0.2) is 11.4 Å². The summed E-state index contributed by atoms with van der Waals surface area (Å²) in [7, 11) is 0. The molecule has 112 valence electrons. The molecule has 3 N–H and O–H groups in total. The van der Waals surface area contributed by atoms with E-state index in [0.717, 1.165) is 31.2 Å². The minimum absolute atomic E-state index is 0.0104. The number of rotatable bonds is 4. The Morgan fingerprint density at radius 2 is 1.95 bits per heavy atom. The van der Waals surface area contributed by atoms with Gasteiger partial charge in [0.05, 0.1) is 17.7 Å². The molecule has 1 amide bonds. The number of nitriles is 1. The smallest absolute Gasteiger partial charge is 0.222 e. The number of amides is 1. The molecule has 1 unspecified atom stereocenters. The van der Waals surface area contributed by atoms with Crippen LogP contribution < -0.4 is 11.1 Å². The topological polar surface area (TPSA) is 78.9 Å². The van der Waals surface area contributed by atoms with E-state index in [1.54, 1.807) is 12.1 Å². The summed E-state index contributed by atoms with van der Waals surface area (Å²) in [6.07, 6.45) is 5.73. The average molecular weight is 285 g/mol. The molecule has 1 saturated carbocycles. The van der Waals surface area contributed by atoms with E-state index >= 15 is 0 Å². The van der Waals surface area contributed by atoms with Crippen molar-refractivity contribution >= 4 is 5.91 Å². The molecule has 1 aliphatic carbocycles. The summed E-state index contributed by atoms with van der Waals surface area (Å²) in [5.74, 6) is 0.0104. The molecule has 0 spiro atoms. The van der Waals surface area contributed by atoms with Crippen molar-refractivity contribution in [1.82, 2.24) is 5.32 Å². The zero-order chi connectivity index (χ0) is 15.3. The maximum absolute atomic E-state index is 12.2. The molecule has 1 aliphatic rings. The Labute approximate surface area is 126 Å². The fraction of sp³-hybridized carbons (Fsp3) is 0.529. The molecule has 1 aromatic carbocycles. The van der Waals surface area contributed by atoms with Gasteiger partial charge in [0.1, 0.15) is 0 Å². The van der Waals surface area contributed by atoms with Crippen LogP contribution in [0.4, 0.5) is 0 Å². The van der Waals surface area contributed by atoms with Gasteiger partial charge in [-0.2, -0.15) is 5.26 Å². The summed E-state index contributed by atoms with van der Waals surface area (Å²) in [4.78, 5) is 12.2. The highest BCUT2D eigenvalue weighted by molar-refractivity contribution is 5.77. The van der Waals surface area contributed by atoms with E-state index in [0.29, 0.717) is 12.0 Å². The third-order valence-electron chi connectivity index (χ3n) is 4.28. The molecule has 21 heavy (non-hydrogen) atoms. The van der Waals surface area contributed by atoms with E-state index in [1.807, 2.05) is 19.1 Å². The number of nitrogens with two attached hydrogens (primary N) is 1. The maximum atomic E-state index is 12.2. The Kier molecular flexibility index (Phi) is 4.98. The number of carbonyl (C=O) groups excluding carboxylic acids is 1. The van der Waals surface area contributed by atoms with Gasteiger partial charge in [0.2, 0.25) is 5.91 Å². The zero-order valence-electron chi connectivity index (χ0n) is 12.6. The maximum Gasteiger partial charge on any atom is 0.222 e. The van der Waals surface area contributed by atoms with Crippen LogP contribution in [0.3, 0.4) is 0 Å².